The molecule has 0 aliphatic heterocycles. The molecule has 0 aliphatic carbocycles. The molecule has 2 aromatic heterocycles. The van der Waals surface area contributed by atoms with E-state index >= 15 is 0 Å². The van der Waals surface area contributed by atoms with Crippen molar-refractivity contribution in [2.75, 3.05) is 5.32 Å². The Morgan fingerprint density at radius 3 is 2.89 bits per heavy atom. The van der Waals surface area contributed by atoms with Crippen LogP contribution in [0.3, 0.4) is 0 Å². The summed E-state index contributed by atoms with van der Waals surface area (Å²) in [6.07, 6.45) is 3.35. The van der Waals surface area contributed by atoms with Gasteiger partial charge >= 0.3 is 0 Å². The molecule has 0 aliphatic rings. The van der Waals surface area contributed by atoms with Crippen molar-refractivity contribution in [3.05, 3.63) is 44.6 Å². The Bertz CT molecular complexity index is 588. The van der Waals surface area contributed by atoms with E-state index in [0.717, 1.165) is 0 Å². The van der Waals surface area contributed by atoms with Crippen LogP contribution < -0.4 is 10.9 Å². The number of anilines is 1. The Morgan fingerprint density at radius 1 is 1.50 bits per heavy atom. The van der Waals surface area contributed by atoms with Crippen LogP contribution in [0.15, 0.2) is 29.3 Å². The predicted molar refractivity (Wildman–Crippen MR) is 75.3 cm³/mol. The van der Waals surface area contributed by atoms with E-state index in [9.17, 15) is 4.79 Å². The highest BCUT2D eigenvalue weighted by molar-refractivity contribution is 7.12. The Hall–Kier alpha value is -1.62. The molecular weight excluding hydrogens is 246 g/mol. The average Bonchev–Trinajstić information content (AvgIpc) is 2.78. The van der Waals surface area contributed by atoms with Gasteiger partial charge in [-0.3, -0.25) is 4.79 Å². The molecule has 0 bridgehead atoms. The monoisotopic (exact) mass is 263 g/mol. The van der Waals surface area contributed by atoms with Crippen LogP contribution in [-0.2, 0) is 6.54 Å². The molecule has 2 rings (SSSR count). The number of aryl methyl sites for hydroxylation is 2. The van der Waals surface area contributed by atoms with Crippen molar-refractivity contribution in [3.63, 3.8) is 0 Å². The van der Waals surface area contributed by atoms with Crippen molar-refractivity contribution >= 4 is 17.2 Å². The number of nitrogens with zero attached hydrogens (tertiary/aromatic N) is 2. The third-order valence-corrected chi connectivity index (χ3v) is 3.98. The highest BCUT2D eigenvalue weighted by atomic mass is 32.1. The van der Waals surface area contributed by atoms with Crippen LogP contribution >= 0.6 is 11.3 Å². The summed E-state index contributed by atoms with van der Waals surface area (Å²) in [6, 6.07) is 4.26. The van der Waals surface area contributed by atoms with Crippen molar-refractivity contribution in [1.29, 1.82) is 0 Å². The SMILES string of the molecule is CCn1ccnc(NC(C)c2ccc(C)s2)c1=O. The summed E-state index contributed by atoms with van der Waals surface area (Å²) < 4.78 is 1.64. The number of thiophene rings is 1. The Labute approximate surface area is 110 Å². The van der Waals surface area contributed by atoms with Gasteiger partial charge in [-0.15, -0.1) is 11.3 Å². The lowest BCUT2D eigenvalue weighted by molar-refractivity contribution is 0.715. The van der Waals surface area contributed by atoms with Crippen LogP contribution in [0.25, 0.3) is 0 Å². The fourth-order valence-electron chi connectivity index (χ4n) is 1.76. The molecule has 0 radical (unpaired) electrons. The molecule has 0 amide bonds. The highest BCUT2D eigenvalue weighted by Crippen LogP contribution is 2.24. The molecule has 0 saturated heterocycles. The van der Waals surface area contributed by atoms with Gasteiger partial charge in [-0.05, 0) is 32.9 Å². The molecule has 2 aromatic rings. The Balaban J connectivity index is 2.22. The van der Waals surface area contributed by atoms with Gasteiger partial charge in [0.2, 0.25) is 0 Å². The number of aromatic nitrogens is 2. The molecule has 5 heteroatoms. The minimum atomic E-state index is -0.0693. The van der Waals surface area contributed by atoms with E-state index in [0.29, 0.717) is 12.4 Å². The van der Waals surface area contributed by atoms with E-state index in [-0.39, 0.29) is 11.6 Å². The summed E-state index contributed by atoms with van der Waals surface area (Å²) in [4.78, 5) is 18.6. The smallest absolute Gasteiger partial charge is 0.293 e. The first-order chi connectivity index (χ1) is 8.61. The van der Waals surface area contributed by atoms with E-state index in [1.807, 2.05) is 13.8 Å². The molecule has 2 heterocycles. The van der Waals surface area contributed by atoms with Gasteiger partial charge in [0, 0.05) is 28.7 Å². The van der Waals surface area contributed by atoms with E-state index in [4.69, 9.17) is 0 Å². The van der Waals surface area contributed by atoms with Gasteiger partial charge in [-0.1, -0.05) is 0 Å². The third kappa shape index (κ3) is 2.61. The molecule has 0 aromatic carbocycles. The fourth-order valence-corrected chi connectivity index (χ4v) is 2.64. The summed E-state index contributed by atoms with van der Waals surface area (Å²) in [7, 11) is 0. The molecule has 96 valence electrons. The third-order valence-electron chi connectivity index (χ3n) is 2.80. The quantitative estimate of drug-likeness (QED) is 0.922. The van der Waals surface area contributed by atoms with E-state index in [1.54, 1.807) is 28.3 Å². The van der Waals surface area contributed by atoms with Gasteiger partial charge in [0.25, 0.3) is 5.56 Å². The van der Waals surface area contributed by atoms with Gasteiger partial charge in [-0.2, -0.15) is 0 Å². The molecule has 18 heavy (non-hydrogen) atoms. The molecule has 0 spiro atoms. The number of hydrogen-bond acceptors (Lipinski definition) is 4. The average molecular weight is 263 g/mol. The first-order valence-corrected chi connectivity index (χ1v) is 6.81. The largest absolute Gasteiger partial charge is 0.358 e. The molecule has 1 unspecified atom stereocenters. The predicted octanol–water partition coefficient (Wildman–Crippen LogP) is 2.81. The van der Waals surface area contributed by atoms with Crippen molar-refractivity contribution in [1.82, 2.24) is 9.55 Å². The lowest BCUT2D eigenvalue weighted by Crippen LogP contribution is -2.24. The maximum atomic E-state index is 12.0. The van der Waals surface area contributed by atoms with Crippen molar-refractivity contribution in [2.45, 2.75) is 33.4 Å². The molecule has 1 atom stereocenters. The van der Waals surface area contributed by atoms with Crippen LogP contribution in [0, 0.1) is 6.92 Å². The van der Waals surface area contributed by atoms with E-state index in [2.05, 4.69) is 29.4 Å². The Kier molecular flexibility index (Phi) is 3.81. The highest BCUT2D eigenvalue weighted by Gasteiger charge is 2.11. The van der Waals surface area contributed by atoms with Crippen LogP contribution in [-0.4, -0.2) is 9.55 Å². The molecule has 0 saturated carbocycles. The molecule has 4 nitrogen and oxygen atoms in total. The second kappa shape index (κ2) is 5.35. The molecule has 1 N–H and O–H groups in total. The van der Waals surface area contributed by atoms with E-state index in [1.165, 1.54) is 9.75 Å². The second-order valence-electron chi connectivity index (χ2n) is 4.18. The van der Waals surface area contributed by atoms with Gasteiger partial charge in [0.15, 0.2) is 5.82 Å². The minimum Gasteiger partial charge on any atom is -0.358 e. The zero-order valence-corrected chi connectivity index (χ0v) is 11.6. The zero-order valence-electron chi connectivity index (χ0n) is 10.8. The first-order valence-electron chi connectivity index (χ1n) is 6.00. The molecule has 0 fully saturated rings. The van der Waals surface area contributed by atoms with Gasteiger partial charge < -0.3 is 9.88 Å². The maximum absolute atomic E-state index is 12.0. The maximum Gasteiger partial charge on any atom is 0.293 e. The summed E-state index contributed by atoms with van der Waals surface area (Å²) in [5.74, 6) is 0.415. The number of hydrogen-bond donors (Lipinski definition) is 1. The second-order valence-corrected chi connectivity index (χ2v) is 5.50. The summed E-state index contributed by atoms with van der Waals surface area (Å²) in [6.45, 7) is 6.71. The summed E-state index contributed by atoms with van der Waals surface area (Å²) >= 11 is 1.73. The summed E-state index contributed by atoms with van der Waals surface area (Å²) in [5, 5.41) is 3.18. The summed E-state index contributed by atoms with van der Waals surface area (Å²) in [5.41, 5.74) is -0.0693. The van der Waals surface area contributed by atoms with Crippen LogP contribution in [0.1, 0.15) is 29.6 Å². The zero-order chi connectivity index (χ0) is 13.1. The van der Waals surface area contributed by atoms with Crippen LogP contribution in [0.2, 0.25) is 0 Å². The van der Waals surface area contributed by atoms with Crippen molar-refractivity contribution in [3.8, 4) is 0 Å². The van der Waals surface area contributed by atoms with Crippen LogP contribution in [0.4, 0.5) is 5.82 Å². The number of rotatable bonds is 4. The van der Waals surface area contributed by atoms with Crippen molar-refractivity contribution in [2.24, 2.45) is 0 Å². The Morgan fingerprint density at radius 2 is 2.28 bits per heavy atom. The lowest BCUT2D eigenvalue weighted by atomic mass is 10.3. The van der Waals surface area contributed by atoms with Gasteiger partial charge in [-0.25, -0.2) is 4.98 Å². The molecular formula is C13H17N3OS. The normalized spacial score (nSPS) is 12.4. The first kappa shape index (κ1) is 12.8. The topological polar surface area (TPSA) is 46.9 Å². The van der Waals surface area contributed by atoms with Gasteiger partial charge in [0.1, 0.15) is 0 Å². The fraction of sp³-hybridized carbons (Fsp3) is 0.385. The lowest BCUT2D eigenvalue weighted by Gasteiger charge is -2.13. The number of nitrogens with one attached hydrogen (secondary N) is 1. The van der Waals surface area contributed by atoms with E-state index < -0.39 is 0 Å². The minimum absolute atomic E-state index is 0.0693. The van der Waals surface area contributed by atoms with Crippen LogP contribution in [0.5, 0.6) is 0 Å². The van der Waals surface area contributed by atoms with Gasteiger partial charge in [0.05, 0.1) is 6.04 Å². The van der Waals surface area contributed by atoms with Crippen molar-refractivity contribution < 1.29 is 0 Å². The standard InChI is InChI=1S/C13H17N3OS/c1-4-16-8-7-14-12(13(16)17)15-10(3)11-6-5-9(2)18-11/h5-8,10H,4H2,1-3H3,(H,14,15).